The van der Waals surface area contributed by atoms with Gasteiger partial charge < -0.3 is 18.9 Å². The van der Waals surface area contributed by atoms with Crippen LogP contribution < -0.4 is 9.80 Å². The molecule has 0 aliphatic rings. The molecule has 0 aliphatic carbocycles. The summed E-state index contributed by atoms with van der Waals surface area (Å²) in [5.41, 5.74) is 15.8. The van der Waals surface area contributed by atoms with Crippen molar-refractivity contribution in [2.45, 2.75) is 0 Å². The maximum Gasteiger partial charge on any atom is 0.0568 e. The molecule has 2 aromatic heterocycles. The van der Waals surface area contributed by atoms with Gasteiger partial charge in [0.15, 0.2) is 0 Å². The molecule has 16 rings (SSSR count). The first-order chi connectivity index (χ1) is 37.7. The van der Waals surface area contributed by atoms with Gasteiger partial charge in [-0.25, -0.2) is 0 Å². The largest absolute Gasteiger partial charge is 0.310 e. The fourth-order valence-corrected chi connectivity index (χ4v) is 12.5. The number of nitrogens with zero attached hydrogens (tertiary/aromatic N) is 4. The van der Waals surface area contributed by atoms with Crippen LogP contribution >= 0.6 is 0 Å². The molecular formula is C72H46N4. The Hall–Kier alpha value is -10.2. The third-order valence-corrected chi connectivity index (χ3v) is 15.8. The zero-order chi connectivity index (χ0) is 49.8. The number of para-hydroxylation sites is 2. The van der Waals surface area contributed by atoms with Crippen molar-refractivity contribution >= 4 is 121 Å². The van der Waals surface area contributed by atoms with E-state index in [1.807, 2.05) is 0 Å². The highest BCUT2D eigenvalue weighted by Gasteiger charge is 2.24. The highest BCUT2D eigenvalue weighted by molar-refractivity contribution is 6.26. The molecule has 2 heterocycles. The van der Waals surface area contributed by atoms with Crippen molar-refractivity contribution in [1.29, 1.82) is 0 Å². The summed E-state index contributed by atoms with van der Waals surface area (Å²) in [4.78, 5) is 4.89. The zero-order valence-corrected chi connectivity index (χ0v) is 41.3. The maximum atomic E-state index is 2.44. The molecule has 4 nitrogen and oxygen atoms in total. The van der Waals surface area contributed by atoms with Gasteiger partial charge in [0.2, 0.25) is 0 Å². The van der Waals surface area contributed by atoms with Crippen molar-refractivity contribution in [3.05, 3.63) is 279 Å². The quantitative estimate of drug-likeness (QED) is 0.134. The molecule has 0 unspecified atom stereocenters. The molecule has 0 fully saturated rings. The number of anilines is 6. The van der Waals surface area contributed by atoms with Crippen molar-refractivity contribution in [1.82, 2.24) is 9.13 Å². The molecule has 354 valence electrons. The topological polar surface area (TPSA) is 16.3 Å². The summed E-state index contributed by atoms with van der Waals surface area (Å²) >= 11 is 0. The minimum atomic E-state index is 1.07. The van der Waals surface area contributed by atoms with Crippen LogP contribution in [-0.2, 0) is 0 Å². The van der Waals surface area contributed by atoms with Crippen molar-refractivity contribution < 1.29 is 0 Å². The summed E-state index contributed by atoms with van der Waals surface area (Å²) in [6.07, 6.45) is 0. The first kappa shape index (κ1) is 42.4. The second kappa shape index (κ2) is 16.7. The van der Waals surface area contributed by atoms with Crippen LogP contribution in [0.5, 0.6) is 0 Å². The summed E-state index contributed by atoms with van der Waals surface area (Å²) in [5, 5.41) is 14.9. The van der Waals surface area contributed by atoms with E-state index in [4.69, 9.17) is 0 Å². The van der Waals surface area contributed by atoms with Crippen LogP contribution in [0.15, 0.2) is 279 Å². The monoisotopic (exact) mass is 966 g/mol. The molecule has 76 heavy (non-hydrogen) atoms. The normalized spacial score (nSPS) is 11.9. The van der Waals surface area contributed by atoms with E-state index in [-0.39, 0.29) is 0 Å². The lowest BCUT2D eigenvalue weighted by atomic mass is 9.99. The van der Waals surface area contributed by atoms with Gasteiger partial charge in [-0.05, 0) is 163 Å². The Kier molecular flexibility index (Phi) is 9.30. The van der Waals surface area contributed by atoms with Crippen LogP contribution in [0.1, 0.15) is 0 Å². The first-order valence-corrected chi connectivity index (χ1v) is 26.1. The third kappa shape index (κ3) is 6.57. The third-order valence-electron chi connectivity index (χ3n) is 15.8. The molecule has 0 radical (unpaired) electrons. The van der Waals surface area contributed by atoms with Crippen molar-refractivity contribution in [3.8, 4) is 22.5 Å². The second-order valence-electron chi connectivity index (χ2n) is 20.2. The molecule has 0 saturated heterocycles. The summed E-state index contributed by atoms with van der Waals surface area (Å²) < 4.78 is 4.88. The van der Waals surface area contributed by atoms with Crippen LogP contribution in [0.4, 0.5) is 34.1 Å². The van der Waals surface area contributed by atoms with Gasteiger partial charge in [-0.3, -0.25) is 0 Å². The Morgan fingerprint density at radius 1 is 0.197 bits per heavy atom. The smallest absolute Gasteiger partial charge is 0.0568 e. The molecule has 0 spiro atoms. The Bertz CT molecular complexity index is 4580. The van der Waals surface area contributed by atoms with Crippen molar-refractivity contribution in [3.63, 3.8) is 0 Å². The van der Waals surface area contributed by atoms with Gasteiger partial charge in [-0.1, -0.05) is 170 Å². The van der Waals surface area contributed by atoms with Gasteiger partial charge in [0.1, 0.15) is 0 Å². The lowest BCUT2D eigenvalue weighted by Gasteiger charge is -2.28. The molecule has 0 saturated carbocycles. The Balaban J connectivity index is 0.887. The fourth-order valence-electron chi connectivity index (χ4n) is 12.5. The molecule has 4 heteroatoms. The highest BCUT2D eigenvalue weighted by Crippen LogP contribution is 2.48. The van der Waals surface area contributed by atoms with Crippen LogP contribution in [0.25, 0.3) is 109 Å². The molecule has 0 atom stereocenters. The van der Waals surface area contributed by atoms with Crippen molar-refractivity contribution in [2.75, 3.05) is 9.80 Å². The Labute approximate surface area is 439 Å². The van der Waals surface area contributed by atoms with Gasteiger partial charge in [-0.15, -0.1) is 0 Å². The first-order valence-electron chi connectivity index (χ1n) is 26.1. The molecule has 0 amide bonds. The lowest BCUT2D eigenvalue weighted by molar-refractivity contribution is 1.18. The van der Waals surface area contributed by atoms with Crippen LogP contribution in [0.3, 0.4) is 0 Å². The molecule has 16 aromatic rings. The minimum absolute atomic E-state index is 1.07. The van der Waals surface area contributed by atoms with Crippen molar-refractivity contribution in [2.24, 2.45) is 0 Å². The van der Waals surface area contributed by atoms with Gasteiger partial charge >= 0.3 is 0 Å². The van der Waals surface area contributed by atoms with E-state index in [1.54, 1.807) is 0 Å². The number of benzene rings is 14. The summed E-state index contributed by atoms with van der Waals surface area (Å²) in [7, 11) is 0. The highest BCUT2D eigenvalue weighted by atomic mass is 15.2. The molecule has 0 N–H and O–H groups in total. The van der Waals surface area contributed by atoms with E-state index in [9.17, 15) is 0 Å². The van der Waals surface area contributed by atoms with E-state index in [1.165, 1.54) is 86.7 Å². The summed E-state index contributed by atoms with van der Waals surface area (Å²) in [6, 6.07) is 103. The number of rotatable bonds is 9. The molecular weight excluding hydrogens is 921 g/mol. The predicted molar refractivity (Wildman–Crippen MR) is 322 cm³/mol. The Morgan fingerprint density at radius 3 is 1.00 bits per heavy atom. The average molecular weight is 967 g/mol. The number of aromatic nitrogens is 2. The SMILES string of the molecule is c1ccc(-n2c3cccc4ccc5cc(N(c6cccc(-c7cccc(N(c8ccc9ccccc9c8)c8cc9ccc%10cccc%11c%10c9c(c8)n%11-c8ccccc8)c7)c6)c6ccc7ccccc7c6)cc2c5c43)cc1. The summed E-state index contributed by atoms with van der Waals surface area (Å²) in [5.74, 6) is 0. The molecule has 14 aromatic carbocycles. The molecule has 0 bridgehead atoms. The van der Waals surface area contributed by atoms with Gasteiger partial charge in [0.25, 0.3) is 0 Å². The van der Waals surface area contributed by atoms with E-state index < -0.39 is 0 Å². The Morgan fingerprint density at radius 2 is 0.539 bits per heavy atom. The van der Waals surface area contributed by atoms with Gasteiger partial charge in [-0.2, -0.15) is 0 Å². The fraction of sp³-hybridized carbons (Fsp3) is 0. The standard InChI is InChI=1S/C72H46N4/c1-3-23-57(24-4-1)75-65-29-13-19-49-31-33-55-43-63(45-67(75)71(55)69(49)65)73(61-37-35-47-15-7-9-17-51(47)39-61)59-27-11-21-53(41-59)54-22-12-28-60(42-54)74(62-38-36-48-16-8-10-18-52(48)40-62)64-44-56-34-32-50-20-14-30-66-70(50)72(56)68(46-64)76(66)58-25-5-2-6-26-58/h1-46H. The van der Waals surface area contributed by atoms with Crippen LogP contribution in [-0.4, -0.2) is 9.13 Å². The number of fused-ring (bicyclic) bond motifs is 2. The van der Waals surface area contributed by atoms with E-state index in [0.717, 1.165) is 56.6 Å². The van der Waals surface area contributed by atoms with E-state index >= 15 is 0 Å². The van der Waals surface area contributed by atoms with Crippen LogP contribution in [0.2, 0.25) is 0 Å². The van der Waals surface area contributed by atoms with Gasteiger partial charge in [0.05, 0.1) is 22.1 Å². The number of hydrogen-bond donors (Lipinski definition) is 0. The summed E-state index contributed by atoms with van der Waals surface area (Å²) in [6.45, 7) is 0. The van der Waals surface area contributed by atoms with Crippen LogP contribution in [0, 0.1) is 0 Å². The minimum Gasteiger partial charge on any atom is -0.310 e. The number of hydrogen-bond acceptors (Lipinski definition) is 2. The van der Waals surface area contributed by atoms with Gasteiger partial charge in [0, 0.05) is 67.0 Å². The predicted octanol–water partition coefficient (Wildman–Crippen LogP) is 20.0. The lowest BCUT2D eigenvalue weighted by Crippen LogP contribution is -2.11. The maximum absolute atomic E-state index is 2.44. The second-order valence-corrected chi connectivity index (χ2v) is 20.2. The van der Waals surface area contributed by atoms with E-state index in [0.29, 0.717) is 0 Å². The molecule has 0 aliphatic heterocycles. The zero-order valence-electron chi connectivity index (χ0n) is 41.3. The van der Waals surface area contributed by atoms with E-state index in [2.05, 4.69) is 298 Å². The average Bonchev–Trinajstić information content (AvgIpc) is 4.13.